The standard InChI is InChI=1S/C17H18F2N2O3/c18-14(19)24-11-5-7-16(8-6-11)9-10-3-1-2-4-12(10)17(16)13(22)20-15(23)21-17/h1-4,11,14H,5-9H2,(H2,20,21,22,23). The Balaban J connectivity index is 1.72. The van der Waals surface area contributed by atoms with E-state index in [2.05, 4.69) is 15.4 Å². The summed E-state index contributed by atoms with van der Waals surface area (Å²) in [6.07, 6.45) is 2.14. The van der Waals surface area contributed by atoms with E-state index in [4.69, 9.17) is 0 Å². The molecule has 4 rings (SSSR count). The number of benzene rings is 1. The summed E-state index contributed by atoms with van der Waals surface area (Å²) in [6, 6.07) is 7.10. The number of hydrogen-bond acceptors (Lipinski definition) is 3. The molecule has 2 N–H and O–H groups in total. The van der Waals surface area contributed by atoms with Crippen molar-refractivity contribution in [3.63, 3.8) is 0 Å². The van der Waals surface area contributed by atoms with Crippen LogP contribution < -0.4 is 10.6 Å². The van der Waals surface area contributed by atoms with Gasteiger partial charge in [0.25, 0.3) is 5.91 Å². The van der Waals surface area contributed by atoms with Gasteiger partial charge in [-0.15, -0.1) is 0 Å². The van der Waals surface area contributed by atoms with Gasteiger partial charge in [0.05, 0.1) is 6.10 Å². The lowest BCUT2D eigenvalue weighted by Crippen LogP contribution is -2.56. The van der Waals surface area contributed by atoms with E-state index in [0.29, 0.717) is 32.1 Å². The second-order valence-electron chi connectivity index (χ2n) is 6.87. The Morgan fingerprint density at radius 3 is 2.50 bits per heavy atom. The maximum Gasteiger partial charge on any atom is 0.345 e. The molecule has 1 atom stereocenters. The number of carbonyl (C=O) groups is 2. The topological polar surface area (TPSA) is 67.4 Å². The summed E-state index contributed by atoms with van der Waals surface area (Å²) in [5.74, 6) is -0.342. The van der Waals surface area contributed by atoms with E-state index in [-0.39, 0.29) is 5.91 Å². The van der Waals surface area contributed by atoms with Crippen LogP contribution in [0.1, 0.15) is 36.8 Å². The Kier molecular flexibility index (Phi) is 3.38. The molecule has 24 heavy (non-hydrogen) atoms. The molecule has 0 radical (unpaired) electrons. The lowest BCUT2D eigenvalue weighted by Gasteiger charge is -2.46. The van der Waals surface area contributed by atoms with Crippen LogP contribution in [0.25, 0.3) is 0 Å². The molecule has 0 aromatic heterocycles. The van der Waals surface area contributed by atoms with E-state index >= 15 is 0 Å². The van der Waals surface area contributed by atoms with Crippen molar-refractivity contribution < 1.29 is 23.1 Å². The molecule has 1 unspecified atom stereocenters. The molecular formula is C17H18F2N2O3. The monoisotopic (exact) mass is 336 g/mol. The number of urea groups is 1. The number of nitrogens with one attached hydrogen (secondary N) is 2. The molecule has 2 fully saturated rings. The third-order valence-electron chi connectivity index (χ3n) is 5.80. The maximum atomic E-state index is 12.8. The van der Waals surface area contributed by atoms with E-state index in [1.54, 1.807) is 0 Å². The van der Waals surface area contributed by atoms with Crippen LogP contribution in [0.5, 0.6) is 0 Å². The van der Waals surface area contributed by atoms with Crippen molar-refractivity contribution in [2.45, 2.75) is 50.4 Å². The van der Waals surface area contributed by atoms with Gasteiger partial charge >= 0.3 is 12.6 Å². The van der Waals surface area contributed by atoms with Crippen LogP contribution in [0.3, 0.4) is 0 Å². The Hall–Kier alpha value is -2.02. The van der Waals surface area contributed by atoms with Crippen molar-refractivity contribution in [1.29, 1.82) is 0 Å². The first-order valence-corrected chi connectivity index (χ1v) is 8.12. The van der Waals surface area contributed by atoms with Crippen molar-refractivity contribution in [3.05, 3.63) is 35.4 Å². The SMILES string of the molecule is O=C1NC(=O)C2(N1)c1ccccc1CC21CCC(OC(F)F)CC1. The number of imide groups is 1. The number of ether oxygens (including phenoxy) is 1. The Labute approximate surface area is 137 Å². The van der Waals surface area contributed by atoms with Crippen molar-refractivity contribution in [3.8, 4) is 0 Å². The van der Waals surface area contributed by atoms with E-state index < -0.39 is 29.7 Å². The van der Waals surface area contributed by atoms with Crippen molar-refractivity contribution >= 4 is 11.9 Å². The summed E-state index contributed by atoms with van der Waals surface area (Å²) >= 11 is 0. The average molecular weight is 336 g/mol. The number of carbonyl (C=O) groups excluding carboxylic acids is 2. The minimum Gasteiger partial charge on any atom is -0.320 e. The zero-order valence-electron chi connectivity index (χ0n) is 13.0. The smallest absolute Gasteiger partial charge is 0.320 e. The number of amides is 3. The second kappa shape index (κ2) is 5.24. The molecule has 3 aliphatic rings. The number of alkyl halides is 2. The molecule has 5 nitrogen and oxygen atoms in total. The molecule has 128 valence electrons. The summed E-state index contributed by atoms with van der Waals surface area (Å²) in [5, 5.41) is 5.23. The third-order valence-corrected chi connectivity index (χ3v) is 5.80. The molecule has 3 amide bonds. The van der Waals surface area contributed by atoms with Crippen LogP contribution in [-0.2, 0) is 21.5 Å². The first kappa shape index (κ1) is 15.5. The van der Waals surface area contributed by atoms with Gasteiger partial charge in [0.1, 0.15) is 0 Å². The number of fused-ring (bicyclic) bond motifs is 3. The summed E-state index contributed by atoms with van der Waals surface area (Å²) in [7, 11) is 0. The van der Waals surface area contributed by atoms with Gasteiger partial charge in [0.2, 0.25) is 0 Å². The van der Waals surface area contributed by atoms with Gasteiger partial charge in [-0.1, -0.05) is 24.3 Å². The number of rotatable bonds is 2. The zero-order valence-corrected chi connectivity index (χ0v) is 13.0. The second-order valence-corrected chi connectivity index (χ2v) is 6.87. The predicted octanol–water partition coefficient (Wildman–Crippen LogP) is 2.45. The number of halogens is 2. The maximum absolute atomic E-state index is 12.8. The molecule has 7 heteroatoms. The van der Waals surface area contributed by atoms with Gasteiger partial charge in [0.15, 0.2) is 5.54 Å². The quantitative estimate of drug-likeness (QED) is 0.815. The Bertz CT molecular complexity index is 701. The summed E-state index contributed by atoms with van der Waals surface area (Å²) in [4.78, 5) is 24.7. The molecule has 2 aliphatic carbocycles. The summed E-state index contributed by atoms with van der Waals surface area (Å²) in [5.41, 5.74) is 0.260. The lowest BCUT2D eigenvalue weighted by atomic mass is 9.61. The normalized spacial score (nSPS) is 34.7. The van der Waals surface area contributed by atoms with E-state index in [1.165, 1.54) is 0 Å². The molecule has 1 aromatic carbocycles. The lowest BCUT2D eigenvalue weighted by molar-refractivity contribution is -0.178. The number of hydrogen-bond donors (Lipinski definition) is 2. The van der Waals surface area contributed by atoms with Crippen molar-refractivity contribution in [1.82, 2.24) is 10.6 Å². The molecule has 1 heterocycles. The molecular weight excluding hydrogens is 318 g/mol. The fourth-order valence-corrected chi connectivity index (χ4v) is 4.82. The highest BCUT2D eigenvalue weighted by molar-refractivity contribution is 6.08. The minimum absolute atomic E-state index is 0.342. The first-order valence-electron chi connectivity index (χ1n) is 8.12. The van der Waals surface area contributed by atoms with Crippen molar-refractivity contribution in [2.24, 2.45) is 5.41 Å². The van der Waals surface area contributed by atoms with Crippen LogP contribution >= 0.6 is 0 Å². The molecule has 1 saturated carbocycles. The fraction of sp³-hybridized carbons (Fsp3) is 0.529. The van der Waals surface area contributed by atoms with Gasteiger partial charge in [-0.2, -0.15) is 8.78 Å². The molecule has 0 bridgehead atoms. The van der Waals surface area contributed by atoms with E-state index in [9.17, 15) is 18.4 Å². The third kappa shape index (κ3) is 2.00. The Morgan fingerprint density at radius 2 is 1.88 bits per heavy atom. The highest BCUT2D eigenvalue weighted by Gasteiger charge is 2.66. The van der Waals surface area contributed by atoms with Crippen LogP contribution in [-0.4, -0.2) is 24.7 Å². The van der Waals surface area contributed by atoms with Gasteiger partial charge in [-0.3, -0.25) is 10.1 Å². The molecule has 1 aromatic rings. The largest absolute Gasteiger partial charge is 0.345 e. The highest BCUT2D eigenvalue weighted by atomic mass is 19.3. The van der Waals surface area contributed by atoms with Gasteiger partial charge in [-0.25, -0.2) is 4.79 Å². The predicted molar refractivity (Wildman–Crippen MR) is 80.3 cm³/mol. The average Bonchev–Trinajstić information content (AvgIpc) is 2.98. The van der Waals surface area contributed by atoms with Gasteiger partial charge in [0, 0.05) is 5.41 Å². The van der Waals surface area contributed by atoms with Crippen LogP contribution in [0.2, 0.25) is 0 Å². The minimum atomic E-state index is -2.78. The molecule has 1 saturated heterocycles. The van der Waals surface area contributed by atoms with Gasteiger partial charge in [-0.05, 0) is 43.2 Å². The van der Waals surface area contributed by atoms with Gasteiger partial charge < -0.3 is 10.1 Å². The van der Waals surface area contributed by atoms with Crippen LogP contribution in [0, 0.1) is 5.41 Å². The first-order chi connectivity index (χ1) is 11.5. The fourth-order valence-electron chi connectivity index (χ4n) is 4.82. The Morgan fingerprint density at radius 1 is 1.17 bits per heavy atom. The van der Waals surface area contributed by atoms with E-state index in [0.717, 1.165) is 11.1 Å². The highest BCUT2D eigenvalue weighted by Crippen LogP contribution is 2.58. The zero-order chi connectivity index (χ0) is 16.9. The van der Waals surface area contributed by atoms with Crippen molar-refractivity contribution in [2.75, 3.05) is 0 Å². The molecule has 1 aliphatic heterocycles. The summed E-state index contributed by atoms with van der Waals surface area (Å²) in [6.45, 7) is -2.78. The summed E-state index contributed by atoms with van der Waals surface area (Å²) < 4.78 is 29.6. The molecule has 2 spiro atoms. The van der Waals surface area contributed by atoms with Crippen LogP contribution in [0.15, 0.2) is 24.3 Å². The van der Waals surface area contributed by atoms with E-state index in [1.807, 2.05) is 24.3 Å². The van der Waals surface area contributed by atoms with Crippen LogP contribution in [0.4, 0.5) is 13.6 Å².